The molecule has 5 nitrogen and oxygen atoms in total. The lowest BCUT2D eigenvalue weighted by Gasteiger charge is -2.09. The Kier molecular flexibility index (Phi) is 5.11. The number of Topliss-reactive ketones (excluding diaryl/α,β-unsaturated/α-hetero) is 1. The standard InChI is InChI=1S/C11H18ClN3O2/c1-7-8(11(12)15(2)14-7)6-10(16)9(13)4-5-17-3/h9H,4-6,13H2,1-3H3. The molecule has 0 aliphatic carbocycles. The molecule has 0 amide bonds. The molecule has 1 atom stereocenters. The summed E-state index contributed by atoms with van der Waals surface area (Å²) in [5, 5.41) is 4.65. The molecule has 0 aliphatic heterocycles. The first-order valence-electron chi connectivity index (χ1n) is 5.42. The highest BCUT2D eigenvalue weighted by molar-refractivity contribution is 6.30. The summed E-state index contributed by atoms with van der Waals surface area (Å²) in [4.78, 5) is 11.9. The lowest BCUT2D eigenvalue weighted by Crippen LogP contribution is -2.33. The van der Waals surface area contributed by atoms with Crippen LogP contribution in [0.4, 0.5) is 0 Å². The fraction of sp³-hybridized carbons (Fsp3) is 0.636. The van der Waals surface area contributed by atoms with Crippen molar-refractivity contribution in [1.29, 1.82) is 0 Å². The zero-order valence-corrected chi connectivity index (χ0v) is 11.1. The fourth-order valence-corrected chi connectivity index (χ4v) is 1.83. The predicted molar refractivity (Wildman–Crippen MR) is 66.1 cm³/mol. The van der Waals surface area contributed by atoms with Crippen molar-refractivity contribution in [2.75, 3.05) is 13.7 Å². The number of aromatic nitrogens is 2. The van der Waals surface area contributed by atoms with E-state index in [0.717, 1.165) is 11.3 Å². The monoisotopic (exact) mass is 259 g/mol. The Hall–Kier alpha value is -0.910. The van der Waals surface area contributed by atoms with E-state index in [0.29, 0.717) is 18.2 Å². The molecule has 0 saturated carbocycles. The maximum absolute atomic E-state index is 11.9. The van der Waals surface area contributed by atoms with Crippen LogP contribution in [-0.4, -0.2) is 35.3 Å². The summed E-state index contributed by atoms with van der Waals surface area (Å²) in [5.41, 5.74) is 7.28. The number of nitrogens with zero attached hydrogens (tertiary/aromatic N) is 2. The molecule has 2 N–H and O–H groups in total. The molecule has 1 aromatic heterocycles. The van der Waals surface area contributed by atoms with Gasteiger partial charge in [0.05, 0.1) is 11.7 Å². The third-order valence-corrected chi connectivity index (χ3v) is 3.14. The molecule has 0 bridgehead atoms. The highest BCUT2D eigenvalue weighted by atomic mass is 35.5. The second kappa shape index (κ2) is 6.14. The second-order valence-electron chi connectivity index (χ2n) is 4.01. The van der Waals surface area contributed by atoms with Gasteiger partial charge in [0, 0.05) is 32.7 Å². The van der Waals surface area contributed by atoms with Crippen LogP contribution >= 0.6 is 11.6 Å². The van der Waals surface area contributed by atoms with E-state index in [1.807, 2.05) is 6.92 Å². The molecule has 0 aliphatic rings. The van der Waals surface area contributed by atoms with Crippen LogP contribution in [0.1, 0.15) is 17.7 Å². The third kappa shape index (κ3) is 3.52. The van der Waals surface area contributed by atoms with Crippen LogP contribution in [0.2, 0.25) is 5.15 Å². The zero-order chi connectivity index (χ0) is 13.0. The number of hydrogen-bond donors (Lipinski definition) is 1. The number of ether oxygens (including phenoxy) is 1. The van der Waals surface area contributed by atoms with Crippen molar-refractivity contribution in [2.45, 2.75) is 25.8 Å². The van der Waals surface area contributed by atoms with Crippen LogP contribution in [0, 0.1) is 6.92 Å². The summed E-state index contributed by atoms with van der Waals surface area (Å²) in [7, 11) is 3.33. The quantitative estimate of drug-likeness (QED) is 0.823. The van der Waals surface area contributed by atoms with Gasteiger partial charge in [-0.1, -0.05) is 11.6 Å². The van der Waals surface area contributed by atoms with Crippen molar-refractivity contribution in [2.24, 2.45) is 12.8 Å². The summed E-state index contributed by atoms with van der Waals surface area (Å²) < 4.78 is 6.45. The molecule has 17 heavy (non-hydrogen) atoms. The predicted octanol–water partition coefficient (Wildman–Crippen LogP) is 0.857. The Balaban J connectivity index is 2.67. The number of methoxy groups -OCH3 is 1. The average molecular weight is 260 g/mol. The van der Waals surface area contributed by atoms with Crippen LogP contribution in [0.3, 0.4) is 0 Å². The van der Waals surface area contributed by atoms with Crippen molar-refractivity contribution < 1.29 is 9.53 Å². The first kappa shape index (κ1) is 14.2. The molecule has 0 saturated heterocycles. The average Bonchev–Trinajstić information content (AvgIpc) is 2.52. The van der Waals surface area contributed by atoms with Crippen molar-refractivity contribution >= 4 is 17.4 Å². The minimum absolute atomic E-state index is 0.0416. The summed E-state index contributed by atoms with van der Waals surface area (Å²) in [6, 6.07) is -0.509. The Labute approximate surface area is 106 Å². The zero-order valence-electron chi connectivity index (χ0n) is 10.4. The van der Waals surface area contributed by atoms with E-state index in [-0.39, 0.29) is 12.2 Å². The summed E-state index contributed by atoms with van der Waals surface area (Å²) in [6.07, 6.45) is 0.746. The minimum Gasteiger partial charge on any atom is -0.385 e. The van der Waals surface area contributed by atoms with Crippen molar-refractivity contribution in [3.05, 3.63) is 16.4 Å². The smallest absolute Gasteiger partial charge is 0.154 e. The van der Waals surface area contributed by atoms with Gasteiger partial charge in [0.15, 0.2) is 5.78 Å². The van der Waals surface area contributed by atoms with Crippen LogP contribution in [0.5, 0.6) is 0 Å². The molecular formula is C11H18ClN3O2. The van der Waals surface area contributed by atoms with Gasteiger partial charge in [-0.25, -0.2) is 0 Å². The minimum atomic E-state index is -0.509. The van der Waals surface area contributed by atoms with Gasteiger partial charge in [-0.05, 0) is 13.3 Å². The van der Waals surface area contributed by atoms with Crippen molar-refractivity contribution in [3.8, 4) is 0 Å². The first-order chi connectivity index (χ1) is 7.97. The van der Waals surface area contributed by atoms with Gasteiger partial charge < -0.3 is 10.5 Å². The molecule has 96 valence electrons. The van der Waals surface area contributed by atoms with Gasteiger partial charge in [0.1, 0.15) is 5.15 Å². The number of halogens is 1. The van der Waals surface area contributed by atoms with Gasteiger partial charge in [-0.3, -0.25) is 9.48 Å². The van der Waals surface area contributed by atoms with Gasteiger partial charge in [0.25, 0.3) is 0 Å². The molecule has 6 heteroatoms. The molecule has 0 radical (unpaired) electrons. The van der Waals surface area contributed by atoms with E-state index in [9.17, 15) is 4.79 Å². The summed E-state index contributed by atoms with van der Waals surface area (Å²) >= 11 is 6.05. The lowest BCUT2D eigenvalue weighted by molar-refractivity contribution is -0.120. The second-order valence-corrected chi connectivity index (χ2v) is 4.37. The SMILES string of the molecule is COCCC(N)C(=O)Cc1c(C)nn(C)c1Cl. The topological polar surface area (TPSA) is 70.1 Å². The van der Waals surface area contributed by atoms with Gasteiger partial charge in [-0.2, -0.15) is 5.10 Å². The number of rotatable bonds is 6. The van der Waals surface area contributed by atoms with E-state index in [1.165, 1.54) is 0 Å². The number of ketones is 1. The van der Waals surface area contributed by atoms with Crippen molar-refractivity contribution in [1.82, 2.24) is 9.78 Å². The summed E-state index contributed by atoms with van der Waals surface area (Å²) in [6.45, 7) is 2.31. The van der Waals surface area contributed by atoms with Gasteiger partial charge in [-0.15, -0.1) is 0 Å². The lowest BCUT2D eigenvalue weighted by atomic mass is 10.0. The largest absolute Gasteiger partial charge is 0.385 e. The Bertz CT molecular complexity index is 404. The van der Waals surface area contributed by atoms with Gasteiger partial charge in [0.2, 0.25) is 0 Å². The number of carbonyl (C=O) groups is 1. The number of carbonyl (C=O) groups excluding carboxylic acids is 1. The van der Waals surface area contributed by atoms with E-state index in [2.05, 4.69) is 5.10 Å². The summed E-state index contributed by atoms with van der Waals surface area (Å²) in [5.74, 6) is -0.0416. The van der Waals surface area contributed by atoms with E-state index in [1.54, 1.807) is 18.8 Å². The normalized spacial score (nSPS) is 12.8. The Morgan fingerprint density at radius 3 is 2.76 bits per heavy atom. The highest BCUT2D eigenvalue weighted by Gasteiger charge is 2.19. The molecule has 1 unspecified atom stereocenters. The van der Waals surface area contributed by atoms with Gasteiger partial charge >= 0.3 is 0 Å². The van der Waals surface area contributed by atoms with Crippen LogP contribution in [0.25, 0.3) is 0 Å². The first-order valence-corrected chi connectivity index (χ1v) is 5.80. The van der Waals surface area contributed by atoms with Crippen LogP contribution in [-0.2, 0) is 23.0 Å². The number of hydrogen-bond acceptors (Lipinski definition) is 4. The van der Waals surface area contributed by atoms with E-state index in [4.69, 9.17) is 22.1 Å². The molecule has 0 aromatic carbocycles. The maximum atomic E-state index is 11.9. The molecule has 1 rings (SSSR count). The van der Waals surface area contributed by atoms with Crippen LogP contribution < -0.4 is 5.73 Å². The Morgan fingerprint density at radius 1 is 1.65 bits per heavy atom. The van der Waals surface area contributed by atoms with Crippen molar-refractivity contribution in [3.63, 3.8) is 0 Å². The molecule has 0 fully saturated rings. The molecular weight excluding hydrogens is 242 g/mol. The number of aryl methyl sites for hydroxylation is 2. The highest BCUT2D eigenvalue weighted by Crippen LogP contribution is 2.19. The van der Waals surface area contributed by atoms with E-state index >= 15 is 0 Å². The van der Waals surface area contributed by atoms with Crippen LogP contribution in [0.15, 0.2) is 0 Å². The third-order valence-electron chi connectivity index (χ3n) is 2.67. The molecule has 0 spiro atoms. The fourth-order valence-electron chi connectivity index (χ4n) is 1.59. The molecule has 1 heterocycles. The molecule has 1 aromatic rings. The van der Waals surface area contributed by atoms with E-state index < -0.39 is 6.04 Å². The Morgan fingerprint density at radius 2 is 2.29 bits per heavy atom. The number of nitrogens with two attached hydrogens (primary N) is 1. The maximum Gasteiger partial charge on any atom is 0.154 e.